The van der Waals surface area contributed by atoms with Crippen molar-refractivity contribution in [1.82, 2.24) is 15.1 Å². The normalized spacial score (nSPS) is 28.7. The van der Waals surface area contributed by atoms with Crippen LogP contribution < -0.4 is 14.8 Å². The van der Waals surface area contributed by atoms with Crippen molar-refractivity contribution in [1.29, 1.82) is 0 Å². The molecule has 2 atom stereocenters. The molecule has 2 saturated heterocycles. The molecule has 10 nitrogen and oxygen atoms in total. The first-order valence-electron chi connectivity index (χ1n) is 10.2. The summed E-state index contributed by atoms with van der Waals surface area (Å²) in [7, 11) is -3.16. The van der Waals surface area contributed by atoms with Crippen molar-refractivity contribution in [2.24, 2.45) is 0 Å². The van der Waals surface area contributed by atoms with Gasteiger partial charge in [-0.3, -0.25) is 14.5 Å². The Kier molecular flexibility index (Phi) is 4.44. The van der Waals surface area contributed by atoms with Gasteiger partial charge < -0.3 is 19.7 Å². The third kappa shape index (κ3) is 3.40. The smallest absolute Gasteiger partial charge is 0.325 e. The van der Waals surface area contributed by atoms with E-state index >= 15 is 0 Å². The van der Waals surface area contributed by atoms with Crippen LogP contribution in [0.15, 0.2) is 18.2 Å². The number of benzene rings is 1. The Morgan fingerprint density at radius 2 is 1.94 bits per heavy atom. The van der Waals surface area contributed by atoms with E-state index in [9.17, 15) is 22.8 Å². The van der Waals surface area contributed by atoms with E-state index in [0.717, 1.165) is 17.7 Å². The van der Waals surface area contributed by atoms with Crippen molar-refractivity contribution in [3.63, 3.8) is 0 Å². The van der Waals surface area contributed by atoms with Crippen molar-refractivity contribution >= 4 is 27.7 Å². The molecule has 11 heteroatoms. The van der Waals surface area contributed by atoms with Gasteiger partial charge in [-0.25, -0.2) is 13.2 Å². The van der Waals surface area contributed by atoms with Gasteiger partial charge in [-0.1, -0.05) is 6.07 Å². The molecule has 0 unspecified atom stereocenters. The first-order valence-corrected chi connectivity index (χ1v) is 12.1. The summed E-state index contributed by atoms with van der Waals surface area (Å²) in [6, 6.07) is 3.92. The highest BCUT2D eigenvalue weighted by molar-refractivity contribution is 7.91. The van der Waals surface area contributed by atoms with Crippen molar-refractivity contribution in [3.8, 4) is 11.5 Å². The molecule has 1 saturated carbocycles. The molecule has 31 heavy (non-hydrogen) atoms. The molecule has 3 heterocycles. The molecule has 0 aromatic heterocycles. The Morgan fingerprint density at radius 3 is 2.61 bits per heavy atom. The van der Waals surface area contributed by atoms with E-state index in [4.69, 9.17) is 9.47 Å². The van der Waals surface area contributed by atoms with Crippen LogP contribution in [0.5, 0.6) is 11.5 Å². The molecule has 4 amide bonds. The van der Waals surface area contributed by atoms with Gasteiger partial charge in [0.15, 0.2) is 21.3 Å². The number of hydrogen-bond donors (Lipinski definition) is 1. The topological polar surface area (TPSA) is 122 Å². The standard InChI is InChI=1S/C20H23N3O7S/c1-20(12-2-5-15-16(8-12)30-11-29-15)18(25)22(19(26)21-20)9-17(24)23(13-3-4-13)14-6-7-31(27,28)10-14/h2,5,8,13-14H,3-4,6-7,9-11H2,1H3,(H,21,26)/t14-,20+/m0/s1. The molecular formula is C20H23N3O7S. The zero-order chi connectivity index (χ0) is 22.0. The Hall–Kier alpha value is -2.82. The monoisotopic (exact) mass is 449 g/mol. The highest BCUT2D eigenvalue weighted by Crippen LogP contribution is 2.38. The van der Waals surface area contributed by atoms with Crippen LogP contribution >= 0.6 is 0 Å². The van der Waals surface area contributed by atoms with Crippen LogP contribution in [0, 0.1) is 0 Å². The molecule has 0 radical (unpaired) electrons. The van der Waals surface area contributed by atoms with Gasteiger partial charge in [0.2, 0.25) is 12.7 Å². The fourth-order valence-corrected chi connectivity index (χ4v) is 6.22. The highest BCUT2D eigenvalue weighted by Gasteiger charge is 2.51. The molecule has 0 spiro atoms. The van der Waals surface area contributed by atoms with Crippen LogP contribution in [0.1, 0.15) is 31.7 Å². The second-order valence-electron chi connectivity index (χ2n) is 8.60. The van der Waals surface area contributed by atoms with E-state index in [2.05, 4.69) is 5.32 Å². The van der Waals surface area contributed by atoms with Crippen molar-refractivity contribution in [2.75, 3.05) is 24.8 Å². The number of nitrogens with zero attached hydrogens (tertiary/aromatic N) is 2. The lowest BCUT2D eigenvalue weighted by Gasteiger charge is -2.30. The molecule has 5 rings (SSSR count). The van der Waals surface area contributed by atoms with Crippen molar-refractivity contribution < 1.29 is 32.3 Å². The molecule has 4 aliphatic rings. The maximum atomic E-state index is 13.2. The molecule has 0 bridgehead atoms. The molecule has 166 valence electrons. The fourth-order valence-electron chi connectivity index (χ4n) is 4.51. The van der Waals surface area contributed by atoms with Crippen LogP contribution in [0.2, 0.25) is 0 Å². The van der Waals surface area contributed by atoms with E-state index < -0.39 is 45.8 Å². The number of fused-ring (bicyclic) bond motifs is 1. The lowest BCUT2D eigenvalue weighted by molar-refractivity contribution is -0.140. The number of amides is 4. The summed E-state index contributed by atoms with van der Waals surface area (Å²) >= 11 is 0. The van der Waals surface area contributed by atoms with Crippen LogP contribution in [0.25, 0.3) is 0 Å². The van der Waals surface area contributed by atoms with Gasteiger partial charge in [0.25, 0.3) is 5.91 Å². The number of urea groups is 1. The third-order valence-corrected chi connectivity index (χ3v) is 8.10. The number of nitrogens with one attached hydrogen (secondary N) is 1. The quantitative estimate of drug-likeness (QED) is 0.644. The summed E-state index contributed by atoms with van der Waals surface area (Å²) in [6.07, 6.45) is 1.99. The zero-order valence-corrected chi connectivity index (χ0v) is 17.8. The average molecular weight is 449 g/mol. The van der Waals surface area contributed by atoms with Crippen LogP contribution in [0.3, 0.4) is 0 Å². The summed E-state index contributed by atoms with van der Waals surface area (Å²) < 4.78 is 34.5. The fraction of sp³-hybridized carbons (Fsp3) is 0.550. The minimum absolute atomic E-state index is 0.0215. The predicted octanol–water partition coefficient (Wildman–Crippen LogP) is 0.360. The molecular weight excluding hydrogens is 426 g/mol. The van der Waals surface area contributed by atoms with E-state index in [1.54, 1.807) is 30.0 Å². The van der Waals surface area contributed by atoms with Gasteiger partial charge in [-0.05, 0) is 43.9 Å². The van der Waals surface area contributed by atoms with Crippen LogP contribution in [0.4, 0.5) is 4.79 Å². The summed E-state index contributed by atoms with van der Waals surface area (Å²) in [6.45, 7) is 1.25. The molecule has 1 aliphatic carbocycles. The van der Waals surface area contributed by atoms with Crippen molar-refractivity contribution in [2.45, 2.75) is 43.8 Å². The molecule has 1 aromatic carbocycles. The number of rotatable bonds is 5. The van der Waals surface area contributed by atoms with Gasteiger partial charge in [0.05, 0.1) is 11.5 Å². The maximum Gasteiger partial charge on any atom is 0.325 e. The lowest BCUT2D eigenvalue weighted by Crippen LogP contribution is -2.49. The SMILES string of the molecule is C[C@]1(c2ccc3c(c2)OCO3)NC(=O)N(CC(=O)N(C2CC2)[C@H]2CCS(=O)(=O)C2)C1=O. The molecule has 1 aromatic rings. The largest absolute Gasteiger partial charge is 0.454 e. The van der Waals surface area contributed by atoms with Gasteiger partial charge in [0.1, 0.15) is 12.1 Å². The summed E-state index contributed by atoms with van der Waals surface area (Å²) in [5, 5.41) is 2.68. The van der Waals surface area contributed by atoms with Crippen LogP contribution in [-0.2, 0) is 25.0 Å². The number of ether oxygens (including phenoxy) is 2. The van der Waals surface area contributed by atoms with Crippen LogP contribution in [-0.4, -0.2) is 73.0 Å². The number of sulfone groups is 1. The minimum Gasteiger partial charge on any atom is -0.454 e. The van der Waals surface area contributed by atoms with Gasteiger partial charge in [-0.2, -0.15) is 0 Å². The molecule has 3 aliphatic heterocycles. The first kappa shape index (κ1) is 20.1. The minimum atomic E-state index is -3.16. The Morgan fingerprint density at radius 1 is 1.19 bits per heavy atom. The zero-order valence-electron chi connectivity index (χ0n) is 17.0. The van der Waals surface area contributed by atoms with Gasteiger partial charge in [-0.15, -0.1) is 0 Å². The Labute approximate surface area is 179 Å². The summed E-state index contributed by atoms with van der Waals surface area (Å²) in [5.74, 6) is 0.0898. The summed E-state index contributed by atoms with van der Waals surface area (Å²) in [4.78, 5) is 41.4. The van der Waals surface area contributed by atoms with Gasteiger partial charge >= 0.3 is 6.03 Å². The number of carbonyl (C=O) groups is 3. The second kappa shape index (κ2) is 6.84. The van der Waals surface area contributed by atoms with Crippen molar-refractivity contribution in [3.05, 3.63) is 23.8 Å². The lowest BCUT2D eigenvalue weighted by atomic mass is 9.91. The van der Waals surface area contributed by atoms with Gasteiger partial charge in [0, 0.05) is 12.1 Å². The number of carbonyl (C=O) groups excluding carboxylic acids is 3. The third-order valence-electron chi connectivity index (χ3n) is 6.35. The Balaban J connectivity index is 1.35. The predicted molar refractivity (Wildman–Crippen MR) is 107 cm³/mol. The van der Waals surface area contributed by atoms with E-state index in [0.29, 0.717) is 23.5 Å². The van der Waals surface area contributed by atoms with E-state index in [-0.39, 0.29) is 24.3 Å². The highest BCUT2D eigenvalue weighted by atomic mass is 32.2. The number of hydrogen-bond acceptors (Lipinski definition) is 7. The second-order valence-corrected chi connectivity index (χ2v) is 10.8. The maximum absolute atomic E-state index is 13.2. The van der Waals surface area contributed by atoms with E-state index in [1.807, 2.05) is 0 Å². The number of imide groups is 1. The Bertz CT molecular complexity index is 1080. The summed E-state index contributed by atoms with van der Waals surface area (Å²) in [5.41, 5.74) is -0.828. The molecule has 1 N–H and O–H groups in total. The average Bonchev–Trinajstić information content (AvgIpc) is 3.24. The first-order chi connectivity index (χ1) is 14.7. The van der Waals surface area contributed by atoms with E-state index in [1.165, 1.54) is 0 Å². The molecule has 3 fully saturated rings.